The molecule has 3 aromatic carbocycles. The van der Waals surface area contributed by atoms with Gasteiger partial charge in [-0.3, -0.25) is 9.59 Å². The zero-order chi connectivity index (χ0) is 28.6. The minimum Gasteiger partial charge on any atom is -0.490 e. The van der Waals surface area contributed by atoms with Gasteiger partial charge >= 0.3 is 0 Å². The lowest BCUT2D eigenvalue weighted by Crippen LogP contribution is -2.22. The molecule has 0 aliphatic heterocycles. The Kier molecular flexibility index (Phi) is 10.3. The van der Waals surface area contributed by atoms with E-state index >= 15 is 0 Å². The first-order valence-electron chi connectivity index (χ1n) is 12.7. The van der Waals surface area contributed by atoms with Gasteiger partial charge in [0.25, 0.3) is 11.5 Å². The third-order valence-electron chi connectivity index (χ3n) is 5.76. The van der Waals surface area contributed by atoms with Crippen LogP contribution in [0.5, 0.6) is 11.5 Å². The molecule has 0 spiro atoms. The van der Waals surface area contributed by atoms with Crippen molar-refractivity contribution in [2.24, 2.45) is 5.10 Å². The molecule has 1 amide bonds. The summed E-state index contributed by atoms with van der Waals surface area (Å²) >= 11 is 5.53. The molecule has 0 radical (unpaired) electrons. The van der Waals surface area contributed by atoms with E-state index in [-0.39, 0.29) is 18.0 Å². The van der Waals surface area contributed by atoms with Gasteiger partial charge in [-0.2, -0.15) is 9.78 Å². The number of hydrogen-bond donors (Lipinski definition) is 1. The molecule has 1 aromatic heterocycles. The first-order chi connectivity index (χ1) is 19.3. The van der Waals surface area contributed by atoms with Crippen LogP contribution in [-0.4, -0.2) is 35.0 Å². The van der Waals surface area contributed by atoms with Gasteiger partial charge in [0, 0.05) is 16.6 Å². The van der Waals surface area contributed by atoms with Gasteiger partial charge < -0.3 is 14.8 Å². The van der Waals surface area contributed by atoms with Crippen molar-refractivity contribution in [1.29, 1.82) is 0 Å². The fraction of sp³-hybridized carbons (Fsp3) is 0.241. The Morgan fingerprint density at radius 3 is 2.65 bits per heavy atom. The fourth-order valence-corrected chi connectivity index (χ4v) is 5.01. The monoisotopic (exact) mass is 720 g/mol. The van der Waals surface area contributed by atoms with Crippen molar-refractivity contribution in [2.45, 2.75) is 33.1 Å². The molecule has 208 valence electrons. The Balaban J connectivity index is 1.60. The lowest BCUT2D eigenvalue weighted by atomic mass is 10.2. The molecule has 0 atom stereocenters. The molecule has 1 N–H and O–H groups in total. The van der Waals surface area contributed by atoms with Crippen molar-refractivity contribution in [3.63, 3.8) is 0 Å². The number of anilines is 1. The highest BCUT2D eigenvalue weighted by Crippen LogP contribution is 2.34. The quantitative estimate of drug-likeness (QED) is 0.140. The normalized spacial score (nSPS) is 11.2. The number of hydrogen-bond acceptors (Lipinski definition) is 6. The molecule has 4 aromatic rings. The van der Waals surface area contributed by atoms with Gasteiger partial charge in [0.2, 0.25) is 0 Å². The Bertz CT molecular complexity index is 1610. The summed E-state index contributed by atoms with van der Waals surface area (Å²) in [4.78, 5) is 30.5. The molecule has 8 nitrogen and oxygen atoms in total. The van der Waals surface area contributed by atoms with Crippen molar-refractivity contribution in [1.82, 2.24) is 9.66 Å². The third-order valence-corrected chi connectivity index (χ3v) is 7.05. The van der Waals surface area contributed by atoms with E-state index in [4.69, 9.17) is 14.5 Å². The summed E-state index contributed by atoms with van der Waals surface area (Å²) in [5.41, 5.74) is 1.52. The predicted octanol–water partition coefficient (Wildman–Crippen LogP) is 6.54. The van der Waals surface area contributed by atoms with Gasteiger partial charge in [0.15, 0.2) is 18.1 Å². The number of halogens is 3. The number of aromatic nitrogens is 2. The molecule has 0 aliphatic rings. The van der Waals surface area contributed by atoms with Crippen molar-refractivity contribution in [2.75, 3.05) is 18.5 Å². The number of rotatable bonds is 11. The lowest BCUT2D eigenvalue weighted by molar-refractivity contribution is -0.118. The number of aryl methyl sites for hydroxylation is 1. The molecule has 0 bridgehead atoms. The molecular weight excluding hydrogens is 694 g/mol. The Hall–Kier alpha value is -3.32. The molecule has 0 aliphatic carbocycles. The summed E-state index contributed by atoms with van der Waals surface area (Å²) in [6.07, 6.45) is 4.02. The summed E-state index contributed by atoms with van der Waals surface area (Å²) in [6, 6.07) is 14.5. The van der Waals surface area contributed by atoms with E-state index in [0.29, 0.717) is 56.1 Å². The van der Waals surface area contributed by atoms with Crippen LogP contribution in [0.3, 0.4) is 0 Å². The maximum Gasteiger partial charge on any atom is 0.282 e. The second kappa shape index (κ2) is 13.8. The van der Waals surface area contributed by atoms with E-state index in [1.807, 2.05) is 25.1 Å². The number of nitrogens with one attached hydrogen (secondary N) is 1. The number of benzene rings is 3. The number of unbranched alkanes of at least 4 members (excludes halogenated alkanes) is 1. The number of carbonyl (C=O) groups excluding carboxylic acids is 1. The first kappa shape index (κ1) is 29.7. The van der Waals surface area contributed by atoms with Gasteiger partial charge in [-0.05, 0) is 96.1 Å². The van der Waals surface area contributed by atoms with E-state index in [1.165, 1.54) is 28.9 Å². The molecule has 0 unspecified atom stereocenters. The van der Waals surface area contributed by atoms with Gasteiger partial charge in [-0.25, -0.2) is 9.37 Å². The third kappa shape index (κ3) is 7.45. The molecule has 1 heterocycles. The molecule has 0 fully saturated rings. The van der Waals surface area contributed by atoms with E-state index in [0.717, 1.165) is 17.3 Å². The van der Waals surface area contributed by atoms with E-state index in [9.17, 15) is 14.0 Å². The maximum absolute atomic E-state index is 13.4. The second-order valence-corrected chi connectivity index (χ2v) is 10.8. The van der Waals surface area contributed by atoms with Crippen molar-refractivity contribution in [3.8, 4) is 11.5 Å². The van der Waals surface area contributed by atoms with Crippen LogP contribution in [-0.2, 0) is 11.2 Å². The summed E-state index contributed by atoms with van der Waals surface area (Å²) in [5, 5.41) is 7.66. The average Bonchev–Trinajstić information content (AvgIpc) is 2.93. The Labute approximate surface area is 252 Å². The average molecular weight is 721 g/mol. The van der Waals surface area contributed by atoms with Crippen molar-refractivity contribution >= 4 is 67.2 Å². The van der Waals surface area contributed by atoms with E-state index < -0.39 is 5.91 Å². The van der Waals surface area contributed by atoms with Crippen LogP contribution >= 0.6 is 38.5 Å². The van der Waals surface area contributed by atoms with Crippen LogP contribution in [0, 0.1) is 9.39 Å². The summed E-state index contributed by atoms with van der Waals surface area (Å²) in [7, 11) is 0. The fourth-order valence-electron chi connectivity index (χ4n) is 3.87. The van der Waals surface area contributed by atoms with Gasteiger partial charge in [-0.1, -0.05) is 29.3 Å². The number of ether oxygens (including phenoxy) is 2. The zero-order valence-corrected chi connectivity index (χ0v) is 25.7. The van der Waals surface area contributed by atoms with Crippen LogP contribution < -0.4 is 20.3 Å². The molecule has 40 heavy (non-hydrogen) atoms. The van der Waals surface area contributed by atoms with Crippen LogP contribution in [0.1, 0.15) is 38.1 Å². The first-order valence-corrected chi connectivity index (χ1v) is 14.6. The largest absolute Gasteiger partial charge is 0.490 e. The Morgan fingerprint density at radius 1 is 1.15 bits per heavy atom. The zero-order valence-electron chi connectivity index (χ0n) is 21.9. The standard InChI is InChI=1S/C29H27BrFIN4O4/c1-3-5-6-26-35-24-12-7-19(30)15-22(24)29(38)36(26)33-16-18-13-23(32)28(25(14-18)39-4-2)40-17-27(37)34-21-10-8-20(31)9-11-21/h7-16H,3-6,17H2,1-2H3,(H,34,37). The van der Waals surface area contributed by atoms with Crippen molar-refractivity contribution < 1.29 is 18.7 Å². The van der Waals surface area contributed by atoms with E-state index in [2.05, 4.69) is 55.9 Å². The Morgan fingerprint density at radius 2 is 1.93 bits per heavy atom. The molecular formula is C29H27BrFIN4O4. The molecule has 4 rings (SSSR count). The maximum atomic E-state index is 13.4. The minimum atomic E-state index is -0.398. The summed E-state index contributed by atoms with van der Waals surface area (Å²) < 4.78 is 27.5. The highest BCUT2D eigenvalue weighted by atomic mass is 127. The van der Waals surface area contributed by atoms with Crippen LogP contribution in [0.25, 0.3) is 10.9 Å². The predicted molar refractivity (Wildman–Crippen MR) is 166 cm³/mol. The van der Waals surface area contributed by atoms with Crippen LogP contribution in [0.15, 0.2) is 69.0 Å². The minimum absolute atomic E-state index is 0.250. The van der Waals surface area contributed by atoms with Gasteiger partial charge in [0.1, 0.15) is 11.6 Å². The smallest absolute Gasteiger partial charge is 0.282 e. The molecule has 11 heteroatoms. The SMILES string of the molecule is CCCCc1nc2ccc(Br)cc2c(=O)n1N=Cc1cc(I)c(OCC(=O)Nc2ccc(F)cc2)c(OCC)c1. The van der Waals surface area contributed by atoms with Crippen molar-refractivity contribution in [3.05, 3.63) is 90.2 Å². The lowest BCUT2D eigenvalue weighted by Gasteiger charge is -2.15. The summed E-state index contributed by atoms with van der Waals surface area (Å²) in [6.45, 7) is 4.03. The van der Waals surface area contributed by atoms with E-state index in [1.54, 1.807) is 18.3 Å². The van der Waals surface area contributed by atoms with Crippen LogP contribution in [0.2, 0.25) is 0 Å². The van der Waals surface area contributed by atoms with Gasteiger partial charge in [-0.15, -0.1) is 0 Å². The highest BCUT2D eigenvalue weighted by molar-refractivity contribution is 14.1. The van der Waals surface area contributed by atoms with Crippen LogP contribution in [0.4, 0.5) is 10.1 Å². The van der Waals surface area contributed by atoms with Gasteiger partial charge in [0.05, 0.1) is 27.3 Å². The second-order valence-electron chi connectivity index (χ2n) is 8.76. The molecule has 0 saturated carbocycles. The number of amides is 1. The topological polar surface area (TPSA) is 94.8 Å². The summed E-state index contributed by atoms with van der Waals surface area (Å²) in [5.74, 6) is 0.645. The number of carbonyl (C=O) groups is 1. The number of fused-ring (bicyclic) bond motifs is 1. The highest BCUT2D eigenvalue weighted by Gasteiger charge is 2.15. The number of nitrogens with zero attached hydrogens (tertiary/aromatic N) is 3. The molecule has 0 saturated heterocycles.